The van der Waals surface area contributed by atoms with Crippen molar-refractivity contribution in [2.45, 2.75) is 25.3 Å². The summed E-state index contributed by atoms with van der Waals surface area (Å²) in [7, 11) is 0. The summed E-state index contributed by atoms with van der Waals surface area (Å²) >= 11 is 1.69. The van der Waals surface area contributed by atoms with E-state index in [0.717, 1.165) is 19.4 Å². The third-order valence-corrected chi connectivity index (χ3v) is 3.56. The van der Waals surface area contributed by atoms with Gasteiger partial charge in [0.25, 0.3) is 0 Å². The second-order valence-corrected chi connectivity index (χ2v) is 4.62. The lowest BCUT2D eigenvalue weighted by atomic mass is 10.1. The molecule has 0 bridgehead atoms. The Kier molecular flexibility index (Phi) is 3.38. The number of nitrogens with zero attached hydrogens (tertiary/aromatic N) is 1. The number of nitrogens with two attached hydrogens (primary N) is 1. The molecule has 1 atom stereocenters. The number of carbonyl (C=O) groups excluding carboxylic acids is 1. The van der Waals surface area contributed by atoms with Gasteiger partial charge in [0.05, 0.1) is 6.04 Å². The van der Waals surface area contributed by atoms with Gasteiger partial charge >= 0.3 is 0 Å². The van der Waals surface area contributed by atoms with Gasteiger partial charge in [0, 0.05) is 19.5 Å². The molecule has 0 aromatic carbocycles. The van der Waals surface area contributed by atoms with E-state index in [0.29, 0.717) is 19.0 Å². The predicted molar refractivity (Wildman–Crippen MR) is 61.7 cm³/mol. The summed E-state index contributed by atoms with van der Waals surface area (Å²) < 4.78 is 0. The average molecular weight is 224 g/mol. The molecule has 3 nitrogen and oxygen atoms in total. The first-order valence-electron chi connectivity index (χ1n) is 5.34. The quantitative estimate of drug-likeness (QED) is 0.850. The largest absolute Gasteiger partial charge is 0.336 e. The summed E-state index contributed by atoms with van der Waals surface area (Å²) in [5, 5.41) is 4.21. The van der Waals surface area contributed by atoms with E-state index < -0.39 is 0 Å². The number of hydrogen-bond donors (Lipinski definition) is 1. The van der Waals surface area contributed by atoms with Gasteiger partial charge in [-0.2, -0.15) is 11.3 Å². The van der Waals surface area contributed by atoms with Crippen LogP contribution in [0.5, 0.6) is 0 Å². The number of carbonyl (C=O) groups is 1. The van der Waals surface area contributed by atoms with Crippen LogP contribution in [0, 0.1) is 0 Å². The van der Waals surface area contributed by atoms with E-state index in [1.165, 1.54) is 5.56 Å². The van der Waals surface area contributed by atoms with Crippen LogP contribution in [0.3, 0.4) is 0 Å². The van der Waals surface area contributed by atoms with Crippen molar-refractivity contribution in [3.63, 3.8) is 0 Å². The molecule has 15 heavy (non-hydrogen) atoms. The molecule has 2 N–H and O–H groups in total. The molecule has 1 unspecified atom stereocenters. The molecular weight excluding hydrogens is 208 g/mol. The first-order chi connectivity index (χ1) is 7.33. The molecule has 1 fully saturated rings. The van der Waals surface area contributed by atoms with Crippen LogP contribution in [0.4, 0.5) is 0 Å². The zero-order chi connectivity index (χ0) is 10.7. The van der Waals surface area contributed by atoms with Gasteiger partial charge in [-0.05, 0) is 35.2 Å². The van der Waals surface area contributed by atoms with Crippen molar-refractivity contribution in [1.29, 1.82) is 0 Å². The van der Waals surface area contributed by atoms with E-state index in [9.17, 15) is 4.79 Å². The highest BCUT2D eigenvalue weighted by Gasteiger charge is 2.29. The van der Waals surface area contributed by atoms with Crippen molar-refractivity contribution in [2.75, 3.05) is 13.1 Å². The minimum atomic E-state index is 0.200. The lowest BCUT2D eigenvalue weighted by Crippen LogP contribution is -2.31. The molecule has 1 amide bonds. The molecule has 0 radical (unpaired) electrons. The highest BCUT2D eigenvalue weighted by atomic mass is 32.1. The Bertz CT molecular complexity index is 323. The van der Waals surface area contributed by atoms with Gasteiger partial charge in [-0.25, -0.2) is 0 Å². The maximum Gasteiger partial charge on any atom is 0.224 e. The van der Waals surface area contributed by atoms with Gasteiger partial charge in [0.15, 0.2) is 0 Å². The smallest absolute Gasteiger partial charge is 0.224 e. The third-order valence-electron chi connectivity index (χ3n) is 2.86. The third kappa shape index (κ3) is 2.21. The van der Waals surface area contributed by atoms with Crippen LogP contribution >= 0.6 is 11.3 Å². The fraction of sp³-hybridized carbons (Fsp3) is 0.545. The molecule has 1 aromatic heterocycles. The number of rotatable bonds is 3. The van der Waals surface area contributed by atoms with Gasteiger partial charge in [0.1, 0.15) is 0 Å². The number of hydrogen-bond acceptors (Lipinski definition) is 3. The second-order valence-electron chi connectivity index (χ2n) is 3.84. The van der Waals surface area contributed by atoms with Crippen LogP contribution in [-0.2, 0) is 4.79 Å². The standard InChI is InChI=1S/C11H16N2OS/c12-5-3-11(14)13-6-1-2-10(13)9-4-7-15-8-9/h4,7-8,10H,1-3,5-6,12H2. The summed E-state index contributed by atoms with van der Waals surface area (Å²) in [4.78, 5) is 13.8. The van der Waals surface area contributed by atoms with Gasteiger partial charge in [-0.3, -0.25) is 4.79 Å². The highest BCUT2D eigenvalue weighted by Crippen LogP contribution is 2.33. The molecule has 1 aliphatic rings. The summed E-state index contributed by atoms with van der Waals surface area (Å²) in [6, 6.07) is 2.42. The first-order valence-corrected chi connectivity index (χ1v) is 6.29. The Hall–Kier alpha value is -0.870. The van der Waals surface area contributed by atoms with Crippen LogP contribution < -0.4 is 5.73 Å². The topological polar surface area (TPSA) is 46.3 Å². The van der Waals surface area contributed by atoms with E-state index in [2.05, 4.69) is 16.8 Å². The van der Waals surface area contributed by atoms with E-state index in [1.54, 1.807) is 11.3 Å². The number of likely N-dealkylation sites (tertiary alicyclic amines) is 1. The van der Waals surface area contributed by atoms with Gasteiger partial charge in [-0.1, -0.05) is 0 Å². The maximum absolute atomic E-state index is 11.8. The van der Waals surface area contributed by atoms with Crippen molar-refractivity contribution in [1.82, 2.24) is 4.90 Å². The number of amides is 1. The van der Waals surface area contributed by atoms with E-state index in [4.69, 9.17) is 5.73 Å². The fourth-order valence-electron chi connectivity index (χ4n) is 2.14. The van der Waals surface area contributed by atoms with Crippen molar-refractivity contribution in [3.05, 3.63) is 22.4 Å². The first kappa shape index (κ1) is 10.6. The second kappa shape index (κ2) is 4.77. The van der Waals surface area contributed by atoms with Crippen molar-refractivity contribution in [3.8, 4) is 0 Å². The van der Waals surface area contributed by atoms with Crippen LogP contribution in [0.25, 0.3) is 0 Å². The monoisotopic (exact) mass is 224 g/mol. The van der Waals surface area contributed by atoms with Crippen molar-refractivity contribution in [2.24, 2.45) is 5.73 Å². The molecule has 4 heteroatoms. The Morgan fingerprint density at radius 3 is 3.20 bits per heavy atom. The lowest BCUT2D eigenvalue weighted by molar-refractivity contribution is -0.131. The Balaban J connectivity index is 2.08. The zero-order valence-electron chi connectivity index (χ0n) is 8.69. The van der Waals surface area contributed by atoms with E-state index in [1.807, 2.05) is 4.90 Å². The minimum absolute atomic E-state index is 0.200. The molecule has 82 valence electrons. The summed E-state index contributed by atoms with van der Waals surface area (Å²) in [6.07, 6.45) is 2.67. The molecule has 1 saturated heterocycles. The maximum atomic E-state index is 11.8. The van der Waals surface area contributed by atoms with Crippen LogP contribution in [-0.4, -0.2) is 23.9 Å². The van der Waals surface area contributed by atoms with Gasteiger partial charge in [-0.15, -0.1) is 0 Å². The zero-order valence-corrected chi connectivity index (χ0v) is 9.50. The molecular formula is C11H16N2OS. The molecule has 2 heterocycles. The Labute approximate surface area is 93.9 Å². The summed E-state index contributed by atoms with van der Waals surface area (Å²) in [6.45, 7) is 1.34. The molecule has 0 saturated carbocycles. The molecule has 0 aliphatic carbocycles. The molecule has 2 rings (SSSR count). The SMILES string of the molecule is NCCC(=O)N1CCCC1c1ccsc1. The van der Waals surface area contributed by atoms with E-state index in [-0.39, 0.29) is 5.91 Å². The van der Waals surface area contributed by atoms with Crippen molar-refractivity contribution >= 4 is 17.2 Å². The Morgan fingerprint density at radius 1 is 1.67 bits per heavy atom. The van der Waals surface area contributed by atoms with Gasteiger partial charge < -0.3 is 10.6 Å². The molecule has 1 aromatic rings. The van der Waals surface area contributed by atoms with Crippen LogP contribution in [0.15, 0.2) is 16.8 Å². The lowest BCUT2D eigenvalue weighted by Gasteiger charge is -2.24. The van der Waals surface area contributed by atoms with E-state index >= 15 is 0 Å². The van der Waals surface area contributed by atoms with Crippen molar-refractivity contribution < 1.29 is 4.79 Å². The van der Waals surface area contributed by atoms with Crippen LogP contribution in [0.1, 0.15) is 30.9 Å². The highest BCUT2D eigenvalue weighted by molar-refractivity contribution is 7.07. The number of thiophene rings is 1. The molecule has 0 spiro atoms. The normalized spacial score (nSPS) is 20.9. The summed E-state index contributed by atoms with van der Waals surface area (Å²) in [5.74, 6) is 0.200. The summed E-state index contributed by atoms with van der Waals surface area (Å²) in [5.41, 5.74) is 6.70. The van der Waals surface area contributed by atoms with Gasteiger partial charge in [0.2, 0.25) is 5.91 Å². The molecule has 1 aliphatic heterocycles. The fourth-order valence-corrected chi connectivity index (χ4v) is 2.85. The minimum Gasteiger partial charge on any atom is -0.336 e. The average Bonchev–Trinajstić information content (AvgIpc) is 2.88. The Morgan fingerprint density at radius 2 is 2.53 bits per heavy atom. The van der Waals surface area contributed by atoms with Crippen LogP contribution in [0.2, 0.25) is 0 Å². The predicted octanol–water partition coefficient (Wildman–Crippen LogP) is 1.76.